The molecule has 0 unspecified atom stereocenters. The van der Waals surface area contributed by atoms with Gasteiger partial charge < -0.3 is 15.4 Å². The quantitative estimate of drug-likeness (QED) is 0.614. The number of anilines is 1. The molecule has 0 fully saturated rings. The molecular weight excluding hydrogens is 392 g/mol. The molecule has 0 saturated carbocycles. The van der Waals surface area contributed by atoms with Gasteiger partial charge >= 0.3 is 0 Å². The molecule has 1 aliphatic heterocycles. The minimum Gasteiger partial charge on any atom is -0.491 e. The van der Waals surface area contributed by atoms with Crippen molar-refractivity contribution >= 4 is 18.0 Å². The molecule has 7 heteroatoms. The molecule has 31 heavy (non-hydrogen) atoms. The number of nitrogens with zero attached hydrogens (tertiary/aromatic N) is 3. The van der Waals surface area contributed by atoms with E-state index >= 15 is 0 Å². The zero-order valence-corrected chi connectivity index (χ0v) is 18.1. The molecule has 4 rings (SSSR count). The maximum Gasteiger partial charge on any atom is 0.269 e. The molecule has 1 aliphatic rings. The van der Waals surface area contributed by atoms with Crippen LogP contribution in [0, 0.1) is 0 Å². The lowest BCUT2D eigenvalue weighted by atomic mass is 10.3. The van der Waals surface area contributed by atoms with E-state index in [0.29, 0.717) is 12.3 Å². The molecule has 0 radical (unpaired) electrons. The van der Waals surface area contributed by atoms with Crippen molar-refractivity contribution in [3.8, 4) is 5.75 Å². The zero-order valence-electron chi connectivity index (χ0n) is 18.1. The summed E-state index contributed by atoms with van der Waals surface area (Å²) >= 11 is 0. The van der Waals surface area contributed by atoms with Crippen LogP contribution in [0.1, 0.15) is 35.9 Å². The molecule has 1 aromatic heterocycles. The normalized spacial score (nSPS) is 11.2. The Hall–Kier alpha value is -3.61. The van der Waals surface area contributed by atoms with Crippen LogP contribution >= 0.6 is 0 Å². The summed E-state index contributed by atoms with van der Waals surface area (Å²) in [7, 11) is 1.71. The molecule has 2 N–H and O–H groups in total. The van der Waals surface area contributed by atoms with E-state index in [0.717, 1.165) is 49.3 Å². The average Bonchev–Trinajstić information content (AvgIpc) is 3.42. The number of nitrogens with two attached hydrogens (primary N) is 1. The summed E-state index contributed by atoms with van der Waals surface area (Å²) in [6, 6.07) is 21.3. The molecule has 2 aromatic carbocycles. The van der Waals surface area contributed by atoms with Crippen molar-refractivity contribution in [2.24, 2.45) is 5.73 Å². The van der Waals surface area contributed by atoms with Crippen molar-refractivity contribution in [3.05, 3.63) is 78.1 Å². The van der Waals surface area contributed by atoms with Crippen LogP contribution in [-0.2, 0) is 17.8 Å². The molecule has 2 heterocycles. The molecular formula is C24H30N4O3. The van der Waals surface area contributed by atoms with E-state index < -0.39 is 5.91 Å². The van der Waals surface area contributed by atoms with E-state index in [9.17, 15) is 9.59 Å². The SMILES string of the molecule is CCCOc1ccccc1N(C)C=O.NC(=O)c1cc2n(n1)CCC2.c1ccccc1. The van der Waals surface area contributed by atoms with E-state index in [-0.39, 0.29) is 0 Å². The lowest BCUT2D eigenvalue weighted by molar-refractivity contribution is -0.107. The van der Waals surface area contributed by atoms with Crippen LogP contribution in [-0.4, -0.2) is 35.8 Å². The predicted octanol–water partition coefficient (Wildman–Crippen LogP) is 3.68. The summed E-state index contributed by atoms with van der Waals surface area (Å²) in [4.78, 5) is 22.8. The fourth-order valence-electron chi connectivity index (χ4n) is 2.90. The Morgan fingerprint density at radius 1 is 1.16 bits per heavy atom. The molecule has 0 aliphatic carbocycles. The van der Waals surface area contributed by atoms with Crippen LogP contribution in [0.4, 0.5) is 5.69 Å². The molecule has 0 atom stereocenters. The predicted molar refractivity (Wildman–Crippen MR) is 122 cm³/mol. The summed E-state index contributed by atoms with van der Waals surface area (Å²) in [6.45, 7) is 3.64. The zero-order chi connectivity index (χ0) is 22.5. The highest BCUT2D eigenvalue weighted by Crippen LogP contribution is 2.26. The smallest absolute Gasteiger partial charge is 0.269 e. The van der Waals surface area contributed by atoms with Crippen LogP contribution < -0.4 is 15.4 Å². The van der Waals surface area contributed by atoms with Crippen LogP contribution in [0.3, 0.4) is 0 Å². The monoisotopic (exact) mass is 422 g/mol. The number of para-hydroxylation sites is 2. The Bertz CT molecular complexity index is 893. The highest BCUT2D eigenvalue weighted by molar-refractivity contribution is 5.90. The molecule has 164 valence electrons. The second-order valence-corrected chi connectivity index (χ2v) is 6.90. The number of hydrogen-bond acceptors (Lipinski definition) is 4. The van der Waals surface area contributed by atoms with Crippen molar-refractivity contribution in [2.75, 3.05) is 18.6 Å². The standard InChI is InChI=1S/C11H15NO2.C7H9N3O.C6H6/c1-3-8-14-11-7-5-4-6-10(11)12(2)9-13;8-7(11)6-4-5-2-1-3-10(5)9-6;1-2-4-6-5-3-1/h4-7,9H,3,8H2,1-2H3;4H,1-3H2,(H2,8,11);1-6H. The van der Waals surface area contributed by atoms with Gasteiger partial charge in [-0.15, -0.1) is 0 Å². The molecule has 7 nitrogen and oxygen atoms in total. The van der Waals surface area contributed by atoms with Gasteiger partial charge in [-0.2, -0.15) is 5.10 Å². The third-order valence-electron chi connectivity index (χ3n) is 4.45. The number of carbonyl (C=O) groups excluding carboxylic acids is 2. The lowest BCUT2D eigenvalue weighted by Gasteiger charge is -2.15. The first-order valence-electron chi connectivity index (χ1n) is 10.3. The minimum atomic E-state index is -0.438. The number of carbonyl (C=O) groups is 2. The fourth-order valence-corrected chi connectivity index (χ4v) is 2.90. The summed E-state index contributed by atoms with van der Waals surface area (Å²) in [6.07, 6.45) is 3.87. The van der Waals surface area contributed by atoms with Gasteiger partial charge in [0.25, 0.3) is 5.91 Å². The van der Waals surface area contributed by atoms with Crippen molar-refractivity contribution < 1.29 is 14.3 Å². The Morgan fingerprint density at radius 3 is 2.35 bits per heavy atom. The maximum atomic E-state index is 10.7. The number of amides is 2. The first-order chi connectivity index (χ1) is 15.1. The average molecular weight is 423 g/mol. The van der Waals surface area contributed by atoms with Gasteiger partial charge in [0.15, 0.2) is 0 Å². The maximum absolute atomic E-state index is 10.7. The number of fused-ring (bicyclic) bond motifs is 1. The van der Waals surface area contributed by atoms with Gasteiger partial charge in [-0.05, 0) is 37.5 Å². The molecule has 0 bridgehead atoms. The number of benzene rings is 2. The van der Waals surface area contributed by atoms with Crippen molar-refractivity contribution in [1.29, 1.82) is 0 Å². The highest BCUT2D eigenvalue weighted by Gasteiger charge is 2.15. The number of aromatic nitrogens is 2. The second-order valence-electron chi connectivity index (χ2n) is 6.90. The second kappa shape index (κ2) is 12.8. The Kier molecular flexibility index (Phi) is 9.81. The Labute approximate surface area is 183 Å². The minimum absolute atomic E-state index is 0.389. The largest absolute Gasteiger partial charge is 0.491 e. The number of primary amides is 1. The highest BCUT2D eigenvalue weighted by atomic mass is 16.5. The van der Waals surface area contributed by atoms with Crippen molar-refractivity contribution in [2.45, 2.75) is 32.7 Å². The van der Waals surface area contributed by atoms with E-state index in [1.54, 1.807) is 13.1 Å². The summed E-state index contributed by atoms with van der Waals surface area (Å²) in [5.74, 6) is 0.316. The number of aryl methyl sites for hydroxylation is 2. The van der Waals surface area contributed by atoms with Crippen LogP contribution in [0.25, 0.3) is 0 Å². The molecule has 3 aromatic rings. The van der Waals surface area contributed by atoms with E-state index in [2.05, 4.69) is 5.10 Å². The van der Waals surface area contributed by atoms with Crippen LogP contribution in [0.5, 0.6) is 5.75 Å². The third-order valence-corrected chi connectivity index (χ3v) is 4.45. The third kappa shape index (κ3) is 7.62. The fraction of sp³-hybridized carbons (Fsp3) is 0.292. The molecule has 0 saturated heterocycles. The summed E-state index contributed by atoms with van der Waals surface area (Å²) in [5, 5.41) is 4.03. The number of ether oxygens (including phenoxy) is 1. The van der Waals surface area contributed by atoms with Crippen molar-refractivity contribution in [1.82, 2.24) is 9.78 Å². The molecule has 2 amide bonds. The van der Waals surface area contributed by atoms with E-state index in [1.807, 2.05) is 72.3 Å². The van der Waals surface area contributed by atoms with Crippen molar-refractivity contribution in [3.63, 3.8) is 0 Å². The number of rotatable bonds is 6. The Balaban J connectivity index is 0.000000177. The van der Waals surface area contributed by atoms with Gasteiger partial charge in [0.05, 0.1) is 12.3 Å². The Morgan fingerprint density at radius 2 is 1.81 bits per heavy atom. The van der Waals surface area contributed by atoms with E-state index in [1.165, 1.54) is 4.90 Å². The van der Waals surface area contributed by atoms with Crippen LogP contribution in [0.2, 0.25) is 0 Å². The first kappa shape index (κ1) is 23.7. The topological polar surface area (TPSA) is 90.5 Å². The van der Waals surface area contributed by atoms with Gasteiger partial charge in [-0.25, -0.2) is 0 Å². The van der Waals surface area contributed by atoms with Gasteiger partial charge in [0.1, 0.15) is 11.4 Å². The summed E-state index contributed by atoms with van der Waals surface area (Å²) in [5.41, 5.74) is 7.37. The first-order valence-corrected chi connectivity index (χ1v) is 10.3. The lowest BCUT2D eigenvalue weighted by Crippen LogP contribution is -2.15. The van der Waals surface area contributed by atoms with Gasteiger partial charge in [0.2, 0.25) is 6.41 Å². The summed E-state index contributed by atoms with van der Waals surface area (Å²) < 4.78 is 7.36. The van der Waals surface area contributed by atoms with Gasteiger partial charge in [-0.1, -0.05) is 55.5 Å². The van der Waals surface area contributed by atoms with Gasteiger partial charge in [0, 0.05) is 19.3 Å². The van der Waals surface area contributed by atoms with Gasteiger partial charge in [-0.3, -0.25) is 14.3 Å². The number of hydrogen-bond donors (Lipinski definition) is 1. The van der Waals surface area contributed by atoms with E-state index in [4.69, 9.17) is 10.5 Å². The molecule has 0 spiro atoms. The van der Waals surface area contributed by atoms with Crippen LogP contribution in [0.15, 0.2) is 66.7 Å².